The summed E-state index contributed by atoms with van der Waals surface area (Å²) in [6.45, 7) is -0.469. The number of sulfonamides is 1. The van der Waals surface area contributed by atoms with Gasteiger partial charge in [-0.05, 0) is 54.1 Å². The van der Waals surface area contributed by atoms with Gasteiger partial charge in [0.15, 0.2) is 6.73 Å². The lowest BCUT2D eigenvalue weighted by Crippen LogP contribution is -2.30. The van der Waals surface area contributed by atoms with E-state index >= 15 is 0 Å². The number of nitrogens with zero attached hydrogens (tertiary/aromatic N) is 1. The van der Waals surface area contributed by atoms with Gasteiger partial charge in [0.25, 0.3) is 10.0 Å². The summed E-state index contributed by atoms with van der Waals surface area (Å²) >= 11 is 0. The first-order chi connectivity index (χ1) is 14.1. The minimum absolute atomic E-state index is 0.00794. The van der Waals surface area contributed by atoms with E-state index in [1.807, 2.05) is 0 Å². The van der Waals surface area contributed by atoms with Crippen LogP contribution in [0.15, 0.2) is 65.6 Å². The first-order valence-electron chi connectivity index (χ1n) is 8.50. The maximum Gasteiger partial charge on any atom is 0.416 e. The average molecular weight is 441 g/mol. The van der Waals surface area contributed by atoms with E-state index in [-0.39, 0.29) is 22.6 Å². The molecule has 0 radical (unpaired) electrons. The standard InChI is InChI=1S/C20H12F5NO3S/c21-14-5-6-17(22)16(10-14)12-4-7-19-18(8-12)26(11-29-19)30(27,28)15-3-1-2-13(9-15)20(23,24)25/h1-10H,11H2. The van der Waals surface area contributed by atoms with Crippen molar-refractivity contribution in [1.82, 2.24) is 0 Å². The summed E-state index contributed by atoms with van der Waals surface area (Å²) in [5, 5.41) is 0. The summed E-state index contributed by atoms with van der Waals surface area (Å²) in [6, 6.07) is 10.3. The van der Waals surface area contributed by atoms with E-state index in [4.69, 9.17) is 4.74 Å². The van der Waals surface area contributed by atoms with Crippen LogP contribution >= 0.6 is 0 Å². The lowest BCUT2D eigenvalue weighted by molar-refractivity contribution is -0.137. The second-order valence-electron chi connectivity index (χ2n) is 6.46. The molecule has 0 aromatic heterocycles. The largest absolute Gasteiger partial charge is 0.470 e. The molecule has 156 valence electrons. The molecule has 4 rings (SSSR count). The molecule has 10 heteroatoms. The highest BCUT2D eigenvalue weighted by molar-refractivity contribution is 7.92. The second-order valence-corrected chi connectivity index (χ2v) is 8.32. The van der Waals surface area contributed by atoms with Crippen molar-refractivity contribution >= 4 is 15.7 Å². The predicted octanol–water partition coefficient (Wildman–Crippen LogP) is 5.20. The Morgan fingerprint density at radius 3 is 2.43 bits per heavy atom. The SMILES string of the molecule is O=S(=O)(c1cccc(C(F)(F)F)c1)N1COc2ccc(-c3cc(F)ccc3F)cc21. The van der Waals surface area contributed by atoms with Crippen molar-refractivity contribution in [1.29, 1.82) is 0 Å². The van der Waals surface area contributed by atoms with E-state index in [2.05, 4.69) is 0 Å². The van der Waals surface area contributed by atoms with E-state index < -0.39 is 45.0 Å². The minimum atomic E-state index is -4.72. The van der Waals surface area contributed by atoms with Crippen LogP contribution in [-0.2, 0) is 16.2 Å². The van der Waals surface area contributed by atoms with Gasteiger partial charge in [-0.15, -0.1) is 0 Å². The lowest BCUT2D eigenvalue weighted by Gasteiger charge is -2.18. The number of hydrogen-bond donors (Lipinski definition) is 0. The van der Waals surface area contributed by atoms with Gasteiger partial charge in [0.1, 0.15) is 17.4 Å². The molecule has 1 aliphatic heterocycles. The summed E-state index contributed by atoms with van der Waals surface area (Å²) < 4.78 is 98.7. The van der Waals surface area contributed by atoms with Gasteiger partial charge in [-0.25, -0.2) is 21.5 Å². The Morgan fingerprint density at radius 1 is 0.933 bits per heavy atom. The van der Waals surface area contributed by atoms with Crippen molar-refractivity contribution < 1.29 is 35.1 Å². The molecular formula is C20H12F5NO3S. The van der Waals surface area contributed by atoms with E-state index in [9.17, 15) is 30.4 Å². The second kappa shape index (κ2) is 6.98. The number of benzene rings is 3. The Morgan fingerprint density at radius 2 is 1.70 bits per heavy atom. The number of anilines is 1. The molecule has 30 heavy (non-hydrogen) atoms. The van der Waals surface area contributed by atoms with Crippen LogP contribution in [0.25, 0.3) is 11.1 Å². The van der Waals surface area contributed by atoms with Crippen LogP contribution < -0.4 is 9.04 Å². The van der Waals surface area contributed by atoms with Gasteiger partial charge in [0.05, 0.1) is 16.1 Å². The molecule has 3 aromatic carbocycles. The summed E-state index contributed by atoms with van der Waals surface area (Å²) in [7, 11) is -4.41. The predicted molar refractivity (Wildman–Crippen MR) is 98.4 cm³/mol. The van der Waals surface area contributed by atoms with Crippen LogP contribution in [0.5, 0.6) is 5.75 Å². The first kappa shape index (κ1) is 20.1. The molecule has 0 saturated carbocycles. The van der Waals surface area contributed by atoms with Crippen molar-refractivity contribution in [3.05, 3.63) is 77.9 Å². The number of rotatable bonds is 3. The normalized spacial score (nSPS) is 13.8. The number of halogens is 5. The Bertz CT molecular complexity index is 1240. The third-order valence-corrected chi connectivity index (χ3v) is 6.29. The van der Waals surface area contributed by atoms with Crippen LogP contribution in [0.2, 0.25) is 0 Å². The van der Waals surface area contributed by atoms with E-state index in [0.717, 1.165) is 40.7 Å². The van der Waals surface area contributed by atoms with Crippen LogP contribution in [0, 0.1) is 11.6 Å². The number of hydrogen-bond acceptors (Lipinski definition) is 3. The van der Waals surface area contributed by atoms with Gasteiger partial charge >= 0.3 is 6.18 Å². The van der Waals surface area contributed by atoms with Gasteiger partial charge in [-0.3, -0.25) is 0 Å². The molecular weight excluding hydrogens is 429 g/mol. The van der Waals surface area contributed by atoms with Crippen molar-refractivity contribution in [3.8, 4) is 16.9 Å². The summed E-state index contributed by atoms with van der Waals surface area (Å²) in [4.78, 5) is -0.573. The van der Waals surface area contributed by atoms with Crippen molar-refractivity contribution in [2.45, 2.75) is 11.1 Å². The molecule has 0 unspecified atom stereocenters. The zero-order valence-corrected chi connectivity index (χ0v) is 15.8. The highest BCUT2D eigenvalue weighted by atomic mass is 32.2. The molecule has 0 spiro atoms. The molecule has 4 nitrogen and oxygen atoms in total. The van der Waals surface area contributed by atoms with Crippen LogP contribution in [0.4, 0.5) is 27.6 Å². The summed E-state index contributed by atoms with van der Waals surface area (Å²) in [5.74, 6) is -1.26. The van der Waals surface area contributed by atoms with Crippen molar-refractivity contribution in [2.75, 3.05) is 11.0 Å². The molecule has 0 bridgehead atoms. The van der Waals surface area contributed by atoms with E-state index in [1.165, 1.54) is 18.2 Å². The Labute approximate surface area is 168 Å². The molecule has 3 aromatic rings. The summed E-state index contributed by atoms with van der Waals surface area (Å²) in [6.07, 6.45) is -4.72. The molecule has 1 aliphatic rings. The van der Waals surface area contributed by atoms with Crippen molar-refractivity contribution in [2.24, 2.45) is 0 Å². The van der Waals surface area contributed by atoms with Crippen LogP contribution in [0.3, 0.4) is 0 Å². The quantitative estimate of drug-likeness (QED) is 0.526. The Hall–Kier alpha value is -3.14. The third-order valence-electron chi connectivity index (χ3n) is 4.55. The third kappa shape index (κ3) is 3.47. The maximum absolute atomic E-state index is 14.1. The number of ether oxygens (including phenoxy) is 1. The zero-order chi connectivity index (χ0) is 21.7. The zero-order valence-electron chi connectivity index (χ0n) is 15.0. The van der Waals surface area contributed by atoms with Crippen LogP contribution in [0.1, 0.15) is 5.56 Å². The Balaban J connectivity index is 1.78. The fourth-order valence-corrected chi connectivity index (χ4v) is 4.45. The molecule has 0 saturated heterocycles. The molecule has 0 atom stereocenters. The Kier molecular flexibility index (Phi) is 4.69. The molecule has 0 aliphatic carbocycles. The van der Waals surface area contributed by atoms with E-state index in [0.29, 0.717) is 6.07 Å². The first-order valence-corrected chi connectivity index (χ1v) is 9.94. The van der Waals surface area contributed by atoms with Gasteiger partial charge < -0.3 is 4.74 Å². The number of fused-ring (bicyclic) bond motifs is 1. The molecule has 0 amide bonds. The molecule has 0 fully saturated rings. The van der Waals surface area contributed by atoms with Gasteiger partial charge in [0, 0.05) is 5.56 Å². The maximum atomic E-state index is 14.1. The van der Waals surface area contributed by atoms with Gasteiger partial charge in [-0.1, -0.05) is 12.1 Å². The fourth-order valence-electron chi connectivity index (χ4n) is 3.08. The monoisotopic (exact) mass is 441 g/mol. The summed E-state index contributed by atoms with van der Waals surface area (Å²) in [5.41, 5.74) is -1.02. The van der Waals surface area contributed by atoms with Crippen molar-refractivity contribution in [3.63, 3.8) is 0 Å². The number of alkyl halides is 3. The van der Waals surface area contributed by atoms with Gasteiger partial charge in [-0.2, -0.15) is 13.2 Å². The molecule has 1 heterocycles. The highest BCUT2D eigenvalue weighted by Crippen LogP contribution is 2.41. The van der Waals surface area contributed by atoms with E-state index in [1.54, 1.807) is 0 Å². The smallest absolute Gasteiger partial charge is 0.416 e. The van der Waals surface area contributed by atoms with Crippen LogP contribution in [-0.4, -0.2) is 15.1 Å². The lowest BCUT2D eigenvalue weighted by atomic mass is 10.0. The average Bonchev–Trinajstić information content (AvgIpc) is 3.13. The fraction of sp³-hybridized carbons (Fsp3) is 0.100. The highest BCUT2D eigenvalue weighted by Gasteiger charge is 2.36. The topological polar surface area (TPSA) is 46.6 Å². The molecule has 0 N–H and O–H groups in total. The minimum Gasteiger partial charge on any atom is -0.470 e. The van der Waals surface area contributed by atoms with Gasteiger partial charge in [0.2, 0.25) is 0 Å².